The zero-order valence-corrected chi connectivity index (χ0v) is 11.9. The Hall–Kier alpha value is -0.100. The van der Waals surface area contributed by atoms with Gasteiger partial charge in [0.05, 0.1) is 0 Å². The highest BCUT2D eigenvalue weighted by molar-refractivity contribution is 9.10. The maximum atomic E-state index is 10.5. The lowest BCUT2D eigenvalue weighted by Crippen LogP contribution is -2.15. The standard InChI is InChI=1S/C10H13BrClNO2S/c1-5(3-9(14)15)2-7(13)8-4-6(11)10(12)16-8/h4-5,7H,2-3,13H2,1H3,(H,14,15). The third-order valence-electron chi connectivity index (χ3n) is 2.21. The Kier molecular flexibility index (Phi) is 5.24. The van der Waals surface area contributed by atoms with E-state index in [4.69, 9.17) is 22.4 Å². The quantitative estimate of drug-likeness (QED) is 0.868. The summed E-state index contributed by atoms with van der Waals surface area (Å²) in [5.74, 6) is -0.725. The largest absolute Gasteiger partial charge is 0.481 e. The number of hydrogen-bond donors (Lipinski definition) is 2. The van der Waals surface area contributed by atoms with Gasteiger partial charge in [0.1, 0.15) is 4.34 Å². The molecule has 6 heteroatoms. The highest BCUT2D eigenvalue weighted by atomic mass is 79.9. The molecule has 0 saturated heterocycles. The van der Waals surface area contributed by atoms with E-state index in [2.05, 4.69) is 15.9 Å². The van der Waals surface area contributed by atoms with Crippen LogP contribution >= 0.6 is 38.9 Å². The summed E-state index contributed by atoms with van der Waals surface area (Å²) in [6.45, 7) is 1.89. The minimum absolute atomic E-state index is 0.0622. The average Bonchev–Trinajstić information content (AvgIpc) is 2.45. The Morgan fingerprint density at radius 3 is 2.81 bits per heavy atom. The van der Waals surface area contributed by atoms with Crippen LogP contribution in [0.1, 0.15) is 30.7 Å². The molecular formula is C10H13BrClNO2S. The zero-order valence-electron chi connectivity index (χ0n) is 8.74. The lowest BCUT2D eigenvalue weighted by molar-refractivity contribution is -0.138. The second kappa shape index (κ2) is 6.00. The molecule has 0 fully saturated rings. The zero-order chi connectivity index (χ0) is 12.3. The molecule has 0 aliphatic heterocycles. The van der Waals surface area contributed by atoms with Gasteiger partial charge in [0.2, 0.25) is 0 Å². The van der Waals surface area contributed by atoms with Crippen LogP contribution in [0.3, 0.4) is 0 Å². The summed E-state index contributed by atoms with van der Waals surface area (Å²) in [4.78, 5) is 11.5. The second-order valence-electron chi connectivity index (χ2n) is 3.82. The van der Waals surface area contributed by atoms with Crippen molar-refractivity contribution >= 4 is 44.8 Å². The smallest absolute Gasteiger partial charge is 0.303 e. The van der Waals surface area contributed by atoms with Gasteiger partial charge in [-0.25, -0.2) is 0 Å². The summed E-state index contributed by atoms with van der Waals surface area (Å²) in [6, 6.07) is 1.74. The van der Waals surface area contributed by atoms with E-state index < -0.39 is 5.97 Å². The minimum atomic E-state index is -0.787. The molecule has 90 valence electrons. The van der Waals surface area contributed by atoms with Crippen LogP contribution in [0.2, 0.25) is 4.34 Å². The van der Waals surface area contributed by atoms with E-state index in [1.54, 1.807) is 0 Å². The first-order valence-electron chi connectivity index (χ1n) is 4.82. The Morgan fingerprint density at radius 1 is 1.75 bits per heavy atom. The molecule has 1 heterocycles. The van der Waals surface area contributed by atoms with Gasteiger partial charge < -0.3 is 10.8 Å². The van der Waals surface area contributed by atoms with Gasteiger partial charge in [-0.2, -0.15) is 0 Å². The van der Waals surface area contributed by atoms with Crippen LogP contribution in [0.25, 0.3) is 0 Å². The van der Waals surface area contributed by atoms with E-state index in [1.165, 1.54) is 11.3 Å². The molecule has 0 aliphatic rings. The van der Waals surface area contributed by atoms with Crippen LogP contribution in [0.4, 0.5) is 0 Å². The van der Waals surface area contributed by atoms with Crippen LogP contribution in [-0.4, -0.2) is 11.1 Å². The number of halogens is 2. The number of carbonyl (C=O) groups is 1. The predicted molar refractivity (Wildman–Crippen MR) is 70.0 cm³/mol. The molecule has 1 aromatic heterocycles. The van der Waals surface area contributed by atoms with Crippen molar-refractivity contribution in [2.24, 2.45) is 11.7 Å². The topological polar surface area (TPSA) is 63.3 Å². The van der Waals surface area contributed by atoms with Crippen molar-refractivity contribution in [1.82, 2.24) is 0 Å². The van der Waals surface area contributed by atoms with Crippen molar-refractivity contribution in [1.29, 1.82) is 0 Å². The average molecular weight is 327 g/mol. The highest BCUT2D eigenvalue weighted by Gasteiger charge is 2.16. The summed E-state index contributed by atoms with van der Waals surface area (Å²) in [5, 5.41) is 8.65. The number of carboxylic acids is 1. The van der Waals surface area contributed by atoms with Crippen molar-refractivity contribution in [3.8, 4) is 0 Å². The van der Waals surface area contributed by atoms with Crippen LogP contribution in [-0.2, 0) is 4.79 Å². The van der Waals surface area contributed by atoms with Gasteiger partial charge in [-0.3, -0.25) is 4.79 Å². The van der Waals surface area contributed by atoms with Crippen molar-refractivity contribution in [2.75, 3.05) is 0 Å². The van der Waals surface area contributed by atoms with Crippen molar-refractivity contribution in [3.63, 3.8) is 0 Å². The highest BCUT2D eigenvalue weighted by Crippen LogP contribution is 2.36. The molecule has 1 aromatic rings. The first-order valence-corrected chi connectivity index (χ1v) is 6.81. The van der Waals surface area contributed by atoms with Crippen molar-refractivity contribution in [2.45, 2.75) is 25.8 Å². The fourth-order valence-corrected chi connectivity index (χ4v) is 3.23. The fourth-order valence-electron chi connectivity index (χ4n) is 1.48. The SMILES string of the molecule is CC(CC(=O)O)CC(N)c1cc(Br)c(Cl)s1. The molecule has 1 rings (SSSR count). The van der Waals surface area contributed by atoms with Crippen LogP contribution in [0.15, 0.2) is 10.5 Å². The second-order valence-corrected chi connectivity index (χ2v) is 6.36. The minimum Gasteiger partial charge on any atom is -0.481 e. The monoisotopic (exact) mass is 325 g/mol. The van der Waals surface area contributed by atoms with Crippen LogP contribution in [0.5, 0.6) is 0 Å². The molecule has 0 radical (unpaired) electrons. The van der Waals surface area contributed by atoms with Gasteiger partial charge in [0.15, 0.2) is 0 Å². The lowest BCUT2D eigenvalue weighted by atomic mass is 9.98. The Bertz CT molecular complexity index is 363. The van der Waals surface area contributed by atoms with Gasteiger partial charge in [-0.1, -0.05) is 18.5 Å². The number of rotatable bonds is 5. The van der Waals surface area contributed by atoms with Gasteiger partial charge >= 0.3 is 5.97 Å². The van der Waals surface area contributed by atoms with Crippen molar-refractivity contribution < 1.29 is 9.90 Å². The molecule has 0 bridgehead atoms. The van der Waals surface area contributed by atoms with Gasteiger partial charge in [0.25, 0.3) is 0 Å². The van der Waals surface area contributed by atoms with E-state index in [0.29, 0.717) is 10.8 Å². The molecule has 0 aliphatic carbocycles. The maximum absolute atomic E-state index is 10.5. The third-order valence-corrected chi connectivity index (χ3v) is 4.82. The normalized spacial score (nSPS) is 14.8. The molecule has 0 aromatic carbocycles. The van der Waals surface area contributed by atoms with Gasteiger partial charge in [-0.05, 0) is 34.3 Å². The summed E-state index contributed by atoms with van der Waals surface area (Å²) in [6.07, 6.45) is 0.795. The van der Waals surface area contributed by atoms with E-state index in [0.717, 1.165) is 9.35 Å². The van der Waals surface area contributed by atoms with Gasteiger partial charge in [0, 0.05) is 21.8 Å². The molecular weight excluding hydrogens is 314 g/mol. The molecule has 0 saturated carbocycles. The fraction of sp³-hybridized carbons (Fsp3) is 0.500. The number of carboxylic acid groups (broad SMARTS) is 1. The molecule has 3 N–H and O–H groups in total. The summed E-state index contributed by atoms with van der Waals surface area (Å²) < 4.78 is 1.52. The third kappa shape index (κ3) is 4.05. The Morgan fingerprint density at radius 2 is 2.38 bits per heavy atom. The van der Waals surface area contributed by atoms with E-state index in [9.17, 15) is 4.79 Å². The molecule has 16 heavy (non-hydrogen) atoms. The number of nitrogens with two attached hydrogens (primary N) is 1. The molecule has 0 amide bonds. The first kappa shape index (κ1) is 14.0. The summed E-state index contributed by atoms with van der Waals surface area (Å²) in [5.41, 5.74) is 5.99. The maximum Gasteiger partial charge on any atom is 0.303 e. The predicted octanol–water partition coefficient (Wildman–Crippen LogP) is 3.66. The molecule has 2 atom stereocenters. The molecule has 0 spiro atoms. The lowest BCUT2D eigenvalue weighted by Gasteiger charge is -2.14. The number of hydrogen-bond acceptors (Lipinski definition) is 3. The van der Waals surface area contributed by atoms with Crippen LogP contribution < -0.4 is 5.73 Å². The molecule has 3 nitrogen and oxygen atoms in total. The first-order chi connectivity index (χ1) is 7.40. The molecule has 2 unspecified atom stereocenters. The Balaban J connectivity index is 2.58. The summed E-state index contributed by atoms with van der Waals surface area (Å²) >= 11 is 10.7. The van der Waals surface area contributed by atoms with E-state index in [1.807, 2.05) is 13.0 Å². The van der Waals surface area contributed by atoms with E-state index in [-0.39, 0.29) is 18.4 Å². The number of aliphatic carboxylic acids is 1. The Labute approximate surface area is 112 Å². The number of thiophene rings is 1. The summed E-state index contributed by atoms with van der Waals surface area (Å²) in [7, 11) is 0. The van der Waals surface area contributed by atoms with Gasteiger partial charge in [-0.15, -0.1) is 11.3 Å². The van der Waals surface area contributed by atoms with Crippen molar-refractivity contribution in [3.05, 3.63) is 19.8 Å². The van der Waals surface area contributed by atoms with E-state index >= 15 is 0 Å². The van der Waals surface area contributed by atoms with Crippen LogP contribution in [0, 0.1) is 5.92 Å².